The van der Waals surface area contributed by atoms with Crippen LogP contribution < -0.4 is 4.72 Å². The lowest BCUT2D eigenvalue weighted by Gasteiger charge is -2.12. The van der Waals surface area contributed by atoms with Gasteiger partial charge >= 0.3 is 0 Å². The first-order chi connectivity index (χ1) is 11.0. The van der Waals surface area contributed by atoms with Gasteiger partial charge in [-0.1, -0.05) is 30.3 Å². The number of nitrogens with zero attached hydrogens (tertiary/aromatic N) is 1. The number of hydrogen-bond donors (Lipinski definition) is 3. The van der Waals surface area contributed by atoms with E-state index in [1.165, 1.54) is 12.1 Å². The van der Waals surface area contributed by atoms with Gasteiger partial charge in [0, 0.05) is 11.9 Å². The summed E-state index contributed by atoms with van der Waals surface area (Å²) in [5.74, 6) is 0. The third kappa shape index (κ3) is 3.76. The van der Waals surface area contributed by atoms with Crippen molar-refractivity contribution < 1.29 is 13.5 Å². The first-order valence-corrected chi connectivity index (χ1v) is 8.68. The van der Waals surface area contributed by atoms with Crippen LogP contribution in [0.2, 0.25) is 0 Å². The number of benzene rings is 2. The van der Waals surface area contributed by atoms with Gasteiger partial charge in [0.05, 0.1) is 22.7 Å². The zero-order valence-electron chi connectivity index (χ0n) is 12.3. The average Bonchev–Trinajstić information content (AvgIpc) is 3.02. The second-order valence-electron chi connectivity index (χ2n) is 5.31. The fraction of sp³-hybridized carbons (Fsp3) is 0.188. The molecule has 1 aromatic heterocycles. The molecule has 3 N–H and O–H groups in total. The summed E-state index contributed by atoms with van der Waals surface area (Å²) in [5, 5.41) is 17.5. The molecule has 1 heterocycles. The largest absolute Gasteiger partial charge is 0.391 e. The van der Waals surface area contributed by atoms with Crippen molar-refractivity contribution in [3.05, 3.63) is 60.3 Å². The fourth-order valence-electron chi connectivity index (χ4n) is 2.33. The van der Waals surface area contributed by atoms with Crippen molar-refractivity contribution >= 4 is 20.9 Å². The minimum atomic E-state index is -3.67. The number of aliphatic hydroxyl groups is 1. The van der Waals surface area contributed by atoms with Gasteiger partial charge < -0.3 is 5.11 Å². The summed E-state index contributed by atoms with van der Waals surface area (Å²) in [6.45, 7) is -0.0434. The Morgan fingerprint density at radius 1 is 1.17 bits per heavy atom. The van der Waals surface area contributed by atoms with Crippen LogP contribution in [-0.4, -0.2) is 36.4 Å². The second-order valence-corrected chi connectivity index (χ2v) is 7.08. The summed E-state index contributed by atoms with van der Waals surface area (Å²) < 4.78 is 27.0. The van der Waals surface area contributed by atoms with Crippen molar-refractivity contribution in [3.63, 3.8) is 0 Å². The molecule has 0 unspecified atom stereocenters. The minimum absolute atomic E-state index is 0.0434. The van der Waals surface area contributed by atoms with Crippen molar-refractivity contribution in [1.82, 2.24) is 14.9 Å². The van der Waals surface area contributed by atoms with E-state index < -0.39 is 16.1 Å². The lowest BCUT2D eigenvalue weighted by Crippen LogP contribution is -2.33. The number of H-pyrrole nitrogens is 1. The van der Waals surface area contributed by atoms with Gasteiger partial charge in [0.25, 0.3) is 0 Å². The highest BCUT2D eigenvalue weighted by Crippen LogP contribution is 2.16. The molecule has 120 valence electrons. The van der Waals surface area contributed by atoms with Crippen LogP contribution in [0.3, 0.4) is 0 Å². The molecule has 0 spiro atoms. The molecule has 0 aliphatic rings. The maximum absolute atomic E-state index is 12.3. The van der Waals surface area contributed by atoms with Crippen molar-refractivity contribution in [2.45, 2.75) is 17.4 Å². The molecule has 6 nitrogen and oxygen atoms in total. The SMILES string of the molecule is O=S(=O)(NC[C@H](O)Cc1ccccc1)c1ccc2cn[nH]c2c1. The van der Waals surface area contributed by atoms with Crippen LogP contribution in [0, 0.1) is 0 Å². The van der Waals surface area contributed by atoms with Crippen LogP contribution in [0.15, 0.2) is 59.6 Å². The Bertz CT molecular complexity index is 891. The molecule has 3 rings (SSSR count). The molecular weight excluding hydrogens is 314 g/mol. The minimum Gasteiger partial charge on any atom is -0.391 e. The average molecular weight is 331 g/mol. The van der Waals surface area contributed by atoms with Gasteiger partial charge in [0.1, 0.15) is 0 Å². The van der Waals surface area contributed by atoms with E-state index in [0.717, 1.165) is 10.9 Å². The lowest BCUT2D eigenvalue weighted by molar-refractivity contribution is 0.179. The number of hydrogen-bond acceptors (Lipinski definition) is 4. The summed E-state index contributed by atoms with van der Waals surface area (Å²) in [7, 11) is -3.67. The molecule has 0 aliphatic carbocycles. The first kappa shape index (κ1) is 15.7. The molecular formula is C16H17N3O3S. The quantitative estimate of drug-likeness (QED) is 0.637. The Labute approximate surface area is 134 Å². The summed E-state index contributed by atoms with van der Waals surface area (Å²) in [5.41, 5.74) is 1.61. The summed E-state index contributed by atoms with van der Waals surface area (Å²) in [6.07, 6.45) is 1.23. The van der Waals surface area contributed by atoms with Crippen molar-refractivity contribution in [2.75, 3.05) is 6.54 Å². The Morgan fingerprint density at radius 2 is 1.96 bits per heavy atom. The molecule has 23 heavy (non-hydrogen) atoms. The summed E-state index contributed by atoms with van der Waals surface area (Å²) in [4.78, 5) is 0.140. The van der Waals surface area contributed by atoms with Gasteiger partial charge in [0.15, 0.2) is 0 Å². The van der Waals surface area contributed by atoms with E-state index >= 15 is 0 Å². The third-order valence-corrected chi connectivity index (χ3v) is 4.97. The van der Waals surface area contributed by atoms with Crippen molar-refractivity contribution in [3.8, 4) is 0 Å². The van der Waals surface area contributed by atoms with Crippen LogP contribution in [0.1, 0.15) is 5.56 Å². The highest BCUT2D eigenvalue weighted by molar-refractivity contribution is 7.89. The van der Waals surface area contributed by atoms with Gasteiger partial charge in [-0.15, -0.1) is 0 Å². The first-order valence-electron chi connectivity index (χ1n) is 7.19. The molecule has 3 aromatic rings. The Balaban J connectivity index is 1.66. The fourth-order valence-corrected chi connectivity index (χ4v) is 3.43. The van der Waals surface area contributed by atoms with E-state index in [1.807, 2.05) is 30.3 Å². The lowest BCUT2D eigenvalue weighted by atomic mass is 10.1. The predicted octanol–water partition coefficient (Wildman–Crippen LogP) is 1.44. The highest BCUT2D eigenvalue weighted by atomic mass is 32.2. The molecule has 0 bridgehead atoms. The third-order valence-electron chi connectivity index (χ3n) is 3.55. The monoisotopic (exact) mass is 331 g/mol. The van der Waals surface area contributed by atoms with Gasteiger partial charge in [0.2, 0.25) is 10.0 Å². The number of aliphatic hydroxyl groups excluding tert-OH is 1. The van der Waals surface area contributed by atoms with E-state index in [9.17, 15) is 13.5 Å². The van der Waals surface area contributed by atoms with Gasteiger partial charge in [-0.2, -0.15) is 5.10 Å². The normalized spacial score (nSPS) is 13.3. The maximum atomic E-state index is 12.3. The molecule has 2 aromatic carbocycles. The Morgan fingerprint density at radius 3 is 2.74 bits per heavy atom. The zero-order chi connectivity index (χ0) is 16.3. The number of aromatic nitrogens is 2. The summed E-state index contributed by atoms with van der Waals surface area (Å²) >= 11 is 0. The highest BCUT2D eigenvalue weighted by Gasteiger charge is 2.17. The van der Waals surface area contributed by atoms with E-state index in [1.54, 1.807) is 12.3 Å². The van der Waals surface area contributed by atoms with Crippen LogP contribution in [0.25, 0.3) is 10.9 Å². The summed E-state index contributed by atoms with van der Waals surface area (Å²) in [6, 6.07) is 14.2. The number of nitrogens with one attached hydrogen (secondary N) is 2. The number of aromatic amines is 1. The number of rotatable bonds is 6. The van der Waals surface area contributed by atoms with E-state index in [4.69, 9.17) is 0 Å². The topological polar surface area (TPSA) is 95.1 Å². The molecule has 0 amide bonds. The van der Waals surface area contributed by atoms with Crippen LogP contribution in [0.4, 0.5) is 0 Å². The smallest absolute Gasteiger partial charge is 0.240 e. The molecule has 1 atom stereocenters. The number of sulfonamides is 1. The van der Waals surface area contributed by atoms with E-state index in [-0.39, 0.29) is 11.4 Å². The van der Waals surface area contributed by atoms with Crippen LogP contribution >= 0.6 is 0 Å². The standard InChI is InChI=1S/C16H17N3O3S/c20-14(8-12-4-2-1-3-5-12)11-18-23(21,22)15-7-6-13-10-17-19-16(13)9-15/h1-7,9-10,14,18,20H,8,11H2,(H,17,19)/t14-/m1/s1. The maximum Gasteiger partial charge on any atom is 0.240 e. The van der Waals surface area contributed by atoms with Gasteiger partial charge in [-0.3, -0.25) is 5.10 Å². The molecule has 0 fully saturated rings. The van der Waals surface area contributed by atoms with E-state index in [2.05, 4.69) is 14.9 Å². The Kier molecular flexibility index (Phi) is 4.42. The predicted molar refractivity (Wildman–Crippen MR) is 87.4 cm³/mol. The van der Waals surface area contributed by atoms with Crippen molar-refractivity contribution in [1.29, 1.82) is 0 Å². The second kappa shape index (κ2) is 6.49. The molecule has 7 heteroatoms. The van der Waals surface area contributed by atoms with Crippen molar-refractivity contribution in [2.24, 2.45) is 0 Å². The van der Waals surface area contributed by atoms with Gasteiger partial charge in [-0.25, -0.2) is 13.1 Å². The van der Waals surface area contributed by atoms with E-state index in [0.29, 0.717) is 11.9 Å². The molecule has 0 saturated carbocycles. The molecule has 0 saturated heterocycles. The molecule has 0 aliphatic heterocycles. The molecule has 0 radical (unpaired) electrons. The number of fused-ring (bicyclic) bond motifs is 1. The Hall–Kier alpha value is -2.22. The van der Waals surface area contributed by atoms with Gasteiger partial charge in [-0.05, 0) is 30.2 Å². The van der Waals surface area contributed by atoms with Crippen LogP contribution in [-0.2, 0) is 16.4 Å². The van der Waals surface area contributed by atoms with Crippen LogP contribution in [0.5, 0.6) is 0 Å². The zero-order valence-corrected chi connectivity index (χ0v) is 13.1.